The Balaban J connectivity index is 1.84. The molecule has 3 rings (SSSR count). The number of pyridine rings is 1. The number of ether oxygens (including phenoxy) is 1. The fourth-order valence-corrected chi connectivity index (χ4v) is 3.19. The first kappa shape index (κ1) is 15.7. The summed E-state index contributed by atoms with van der Waals surface area (Å²) in [5.74, 6) is 0.0799. The van der Waals surface area contributed by atoms with Gasteiger partial charge in [-0.2, -0.15) is 0 Å². The van der Waals surface area contributed by atoms with Crippen LogP contribution in [0, 0.1) is 0 Å². The van der Waals surface area contributed by atoms with Crippen molar-refractivity contribution < 1.29 is 9.53 Å². The molecule has 0 saturated carbocycles. The highest BCUT2D eigenvalue weighted by Gasteiger charge is 2.41. The molecule has 0 unspecified atom stereocenters. The summed E-state index contributed by atoms with van der Waals surface area (Å²) in [5.41, 5.74) is 1.63. The summed E-state index contributed by atoms with van der Waals surface area (Å²) in [6.45, 7) is 3.24. The lowest BCUT2D eigenvalue weighted by molar-refractivity contribution is -0.131. The molecule has 1 N–H and O–H groups in total. The Morgan fingerprint density at radius 2 is 1.78 bits per heavy atom. The fourth-order valence-electron chi connectivity index (χ4n) is 3.19. The van der Waals surface area contributed by atoms with Gasteiger partial charge in [0.15, 0.2) is 0 Å². The summed E-state index contributed by atoms with van der Waals surface area (Å²) >= 11 is 0. The molecule has 1 aromatic carbocycles. The van der Waals surface area contributed by atoms with Gasteiger partial charge in [-0.15, -0.1) is 0 Å². The zero-order valence-electron chi connectivity index (χ0n) is 13.4. The number of aromatic nitrogens is 1. The molecule has 0 spiro atoms. The van der Waals surface area contributed by atoms with Crippen LogP contribution in [0.25, 0.3) is 0 Å². The molecule has 2 heterocycles. The first-order valence-corrected chi connectivity index (χ1v) is 8.06. The summed E-state index contributed by atoms with van der Waals surface area (Å²) in [4.78, 5) is 17.2. The van der Waals surface area contributed by atoms with Gasteiger partial charge in [0.2, 0.25) is 5.91 Å². The van der Waals surface area contributed by atoms with Crippen LogP contribution < -0.4 is 5.32 Å². The Bertz CT molecular complexity index is 637. The number of hydrogen-bond acceptors (Lipinski definition) is 3. The molecular weight excluding hydrogens is 288 g/mol. The fraction of sp³-hybridized carbons (Fsp3) is 0.368. The third-order valence-electron chi connectivity index (χ3n) is 4.66. The molecule has 1 aliphatic heterocycles. The number of rotatable bonds is 4. The third-order valence-corrected chi connectivity index (χ3v) is 4.66. The van der Waals surface area contributed by atoms with E-state index in [0.29, 0.717) is 26.1 Å². The smallest absolute Gasteiger partial charge is 0.231 e. The average Bonchev–Trinajstić information content (AvgIpc) is 2.63. The number of benzene rings is 1. The van der Waals surface area contributed by atoms with Gasteiger partial charge in [-0.05, 0) is 43.0 Å². The van der Waals surface area contributed by atoms with Crippen molar-refractivity contribution in [3.8, 4) is 0 Å². The molecule has 1 saturated heterocycles. The topological polar surface area (TPSA) is 51.2 Å². The normalized spacial score (nSPS) is 18.1. The molecule has 1 aliphatic rings. The standard InChI is InChI=1S/C19H22N2O2/c1-15(16-7-11-20-12-8-16)21-18(22)19(9-13-23-14-10-19)17-5-3-2-4-6-17/h2-8,11-12,15H,9-10,13-14H2,1H3,(H,21,22)/t15-/m0/s1. The zero-order chi connectivity index (χ0) is 16.1. The van der Waals surface area contributed by atoms with Crippen LogP contribution in [0.15, 0.2) is 54.9 Å². The first-order chi connectivity index (χ1) is 11.2. The number of nitrogens with one attached hydrogen (secondary N) is 1. The number of nitrogens with zero attached hydrogens (tertiary/aromatic N) is 1. The van der Waals surface area contributed by atoms with E-state index in [0.717, 1.165) is 11.1 Å². The quantitative estimate of drug-likeness (QED) is 0.944. The zero-order valence-corrected chi connectivity index (χ0v) is 13.4. The largest absolute Gasteiger partial charge is 0.381 e. The summed E-state index contributed by atoms with van der Waals surface area (Å²) in [6.07, 6.45) is 4.93. The van der Waals surface area contributed by atoms with Gasteiger partial charge in [0.25, 0.3) is 0 Å². The summed E-state index contributed by atoms with van der Waals surface area (Å²) in [7, 11) is 0. The minimum Gasteiger partial charge on any atom is -0.381 e. The molecule has 4 nitrogen and oxygen atoms in total. The highest BCUT2D eigenvalue weighted by Crippen LogP contribution is 2.35. The van der Waals surface area contributed by atoms with Crippen molar-refractivity contribution >= 4 is 5.91 Å². The molecule has 0 radical (unpaired) electrons. The summed E-state index contributed by atoms with van der Waals surface area (Å²) in [6, 6.07) is 13.9. The van der Waals surface area contributed by atoms with Crippen LogP contribution in [0.5, 0.6) is 0 Å². The van der Waals surface area contributed by atoms with Crippen molar-refractivity contribution in [1.82, 2.24) is 10.3 Å². The van der Waals surface area contributed by atoms with Gasteiger partial charge < -0.3 is 10.1 Å². The maximum atomic E-state index is 13.1. The minimum absolute atomic E-state index is 0.0473. The van der Waals surface area contributed by atoms with E-state index >= 15 is 0 Å². The van der Waals surface area contributed by atoms with Crippen LogP contribution in [0.2, 0.25) is 0 Å². The number of carbonyl (C=O) groups excluding carboxylic acids is 1. The molecule has 1 amide bonds. The minimum atomic E-state index is -0.499. The van der Waals surface area contributed by atoms with Crippen LogP contribution in [0.4, 0.5) is 0 Å². The van der Waals surface area contributed by atoms with E-state index in [1.54, 1.807) is 12.4 Å². The van der Waals surface area contributed by atoms with E-state index in [4.69, 9.17) is 4.74 Å². The lowest BCUT2D eigenvalue weighted by Gasteiger charge is -2.37. The third kappa shape index (κ3) is 3.27. The second-order valence-corrected chi connectivity index (χ2v) is 6.04. The van der Waals surface area contributed by atoms with Crippen LogP contribution in [-0.2, 0) is 14.9 Å². The molecule has 23 heavy (non-hydrogen) atoms. The van der Waals surface area contributed by atoms with Crippen molar-refractivity contribution in [3.05, 3.63) is 66.0 Å². The molecule has 0 bridgehead atoms. The van der Waals surface area contributed by atoms with Gasteiger partial charge in [0.05, 0.1) is 11.5 Å². The lowest BCUT2D eigenvalue weighted by atomic mass is 9.73. The van der Waals surface area contributed by atoms with Gasteiger partial charge in [-0.25, -0.2) is 0 Å². The van der Waals surface area contributed by atoms with Crippen molar-refractivity contribution in [2.45, 2.75) is 31.2 Å². The molecule has 0 aliphatic carbocycles. The van der Waals surface area contributed by atoms with Crippen LogP contribution >= 0.6 is 0 Å². The molecule has 1 atom stereocenters. The van der Waals surface area contributed by atoms with E-state index in [9.17, 15) is 4.79 Å². The van der Waals surface area contributed by atoms with E-state index < -0.39 is 5.41 Å². The molecule has 1 fully saturated rings. The van der Waals surface area contributed by atoms with Crippen LogP contribution in [0.1, 0.15) is 36.9 Å². The van der Waals surface area contributed by atoms with Crippen molar-refractivity contribution in [3.63, 3.8) is 0 Å². The molecule has 1 aromatic heterocycles. The number of hydrogen-bond donors (Lipinski definition) is 1. The summed E-state index contributed by atoms with van der Waals surface area (Å²) in [5, 5.41) is 3.18. The summed E-state index contributed by atoms with van der Waals surface area (Å²) < 4.78 is 5.50. The lowest BCUT2D eigenvalue weighted by Crippen LogP contribution is -2.48. The van der Waals surface area contributed by atoms with Gasteiger partial charge in [-0.3, -0.25) is 9.78 Å². The number of amides is 1. The maximum Gasteiger partial charge on any atom is 0.231 e. The van der Waals surface area contributed by atoms with Crippen molar-refractivity contribution in [2.24, 2.45) is 0 Å². The Morgan fingerprint density at radius 1 is 1.13 bits per heavy atom. The molecule has 120 valence electrons. The van der Waals surface area contributed by atoms with Crippen LogP contribution in [-0.4, -0.2) is 24.1 Å². The Hall–Kier alpha value is -2.20. The Kier molecular flexibility index (Phi) is 4.72. The predicted octanol–water partition coefficient (Wildman–Crippen LogP) is 3.01. The molecule has 2 aromatic rings. The van der Waals surface area contributed by atoms with Gasteiger partial charge in [0.1, 0.15) is 0 Å². The van der Waals surface area contributed by atoms with E-state index in [1.165, 1.54) is 0 Å². The van der Waals surface area contributed by atoms with Crippen molar-refractivity contribution in [1.29, 1.82) is 0 Å². The number of carbonyl (C=O) groups is 1. The first-order valence-electron chi connectivity index (χ1n) is 8.06. The Labute approximate surface area is 136 Å². The SMILES string of the molecule is C[C@H](NC(=O)C1(c2ccccc2)CCOCC1)c1ccncc1. The monoisotopic (exact) mass is 310 g/mol. The Morgan fingerprint density at radius 3 is 2.43 bits per heavy atom. The van der Waals surface area contributed by atoms with Crippen molar-refractivity contribution in [2.75, 3.05) is 13.2 Å². The highest BCUT2D eigenvalue weighted by atomic mass is 16.5. The predicted molar refractivity (Wildman–Crippen MR) is 89.0 cm³/mol. The second kappa shape index (κ2) is 6.92. The van der Waals surface area contributed by atoms with Gasteiger partial charge >= 0.3 is 0 Å². The second-order valence-electron chi connectivity index (χ2n) is 6.04. The molecular formula is C19H22N2O2. The molecule has 4 heteroatoms. The maximum absolute atomic E-state index is 13.1. The van der Waals surface area contributed by atoms with E-state index in [-0.39, 0.29) is 11.9 Å². The van der Waals surface area contributed by atoms with Gasteiger partial charge in [0, 0.05) is 25.6 Å². The average molecular weight is 310 g/mol. The van der Waals surface area contributed by atoms with Crippen LogP contribution in [0.3, 0.4) is 0 Å². The van der Waals surface area contributed by atoms with E-state index in [2.05, 4.69) is 10.3 Å². The van der Waals surface area contributed by atoms with Gasteiger partial charge in [-0.1, -0.05) is 30.3 Å². The van der Waals surface area contributed by atoms with E-state index in [1.807, 2.05) is 49.4 Å². The highest BCUT2D eigenvalue weighted by molar-refractivity contribution is 5.88.